The van der Waals surface area contributed by atoms with Gasteiger partial charge in [-0.3, -0.25) is 19.8 Å². The van der Waals surface area contributed by atoms with Crippen molar-refractivity contribution in [1.82, 2.24) is 20.4 Å². The Hall–Kier alpha value is -3.30. The normalized spacial score (nSPS) is 17.0. The maximum Gasteiger partial charge on any atom is 0.325 e. The smallest absolute Gasteiger partial charge is 0.325 e. The van der Waals surface area contributed by atoms with Gasteiger partial charge >= 0.3 is 6.03 Å². The van der Waals surface area contributed by atoms with Crippen molar-refractivity contribution < 1.29 is 19.0 Å². The predicted octanol–water partition coefficient (Wildman–Crippen LogP) is 1.20. The number of nitro benzene ring substituents is 1. The summed E-state index contributed by atoms with van der Waals surface area (Å²) in [4.78, 5) is 39.7. The highest BCUT2D eigenvalue weighted by Crippen LogP contribution is 2.17. The van der Waals surface area contributed by atoms with Gasteiger partial charge in [0.15, 0.2) is 5.82 Å². The van der Waals surface area contributed by atoms with Crippen molar-refractivity contribution in [2.75, 3.05) is 0 Å². The van der Waals surface area contributed by atoms with E-state index in [1.54, 1.807) is 12.1 Å². The lowest BCUT2D eigenvalue weighted by Crippen LogP contribution is -2.32. The molecule has 1 aromatic carbocycles. The molecule has 0 bridgehead atoms. The van der Waals surface area contributed by atoms with Crippen LogP contribution in [0.2, 0.25) is 0 Å². The highest BCUT2D eigenvalue weighted by atomic mass is 16.6. The molecule has 130 valence electrons. The first-order valence-corrected chi connectivity index (χ1v) is 7.64. The summed E-state index contributed by atoms with van der Waals surface area (Å²) in [6.45, 7) is 1.79. The molecule has 2 aromatic rings. The van der Waals surface area contributed by atoms with Crippen LogP contribution in [0.5, 0.6) is 0 Å². The van der Waals surface area contributed by atoms with Crippen molar-refractivity contribution in [1.29, 1.82) is 0 Å². The first kappa shape index (κ1) is 16.6. The molecule has 10 heteroatoms. The minimum Gasteiger partial charge on any atom is -0.339 e. The third-order valence-electron chi connectivity index (χ3n) is 3.81. The van der Waals surface area contributed by atoms with E-state index in [-0.39, 0.29) is 24.5 Å². The zero-order chi connectivity index (χ0) is 18.0. The van der Waals surface area contributed by atoms with Gasteiger partial charge in [-0.25, -0.2) is 4.79 Å². The van der Waals surface area contributed by atoms with Crippen molar-refractivity contribution >= 4 is 17.6 Å². The van der Waals surface area contributed by atoms with E-state index in [9.17, 15) is 19.7 Å². The molecule has 1 aromatic heterocycles. The van der Waals surface area contributed by atoms with Crippen LogP contribution in [0.15, 0.2) is 28.8 Å². The standard InChI is InChI=1S/C15H15N5O5/c1-2-13-17-12(18-25-13)8-19-14(21)11(16-15(19)22)7-9-3-5-10(6-4-9)20(23)24/h3-6,11H,2,7-8H2,1H3,(H,16,22). The van der Waals surface area contributed by atoms with Crippen LogP contribution in [-0.2, 0) is 24.2 Å². The average molecular weight is 345 g/mol. The number of carbonyl (C=O) groups excluding carboxylic acids is 2. The van der Waals surface area contributed by atoms with Crippen LogP contribution in [-0.4, -0.2) is 37.9 Å². The maximum atomic E-state index is 12.4. The first-order valence-electron chi connectivity index (χ1n) is 7.64. The molecule has 3 rings (SSSR count). The molecule has 1 aliphatic heterocycles. The minimum absolute atomic E-state index is 0.0315. The summed E-state index contributed by atoms with van der Waals surface area (Å²) < 4.78 is 4.96. The maximum absolute atomic E-state index is 12.4. The van der Waals surface area contributed by atoms with Gasteiger partial charge in [-0.2, -0.15) is 4.98 Å². The van der Waals surface area contributed by atoms with Crippen molar-refractivity contribution in [3.8, 4) is 0 Å². The predicted molar refractivity (Wildman–Crippen MR) is 83.3 cm³/mol. The molecule has 10 nitrogen and oxygen atoms in total. The molecule has 0 spiro atoms. The van der Waals surface area contributed by atoms with Crippen molar-refractivity contribution in [2.24, 2.45) is 0 Å². The number of aromatic nitrogens is 2. The van der Waals surface area contributed by atoms with E-state index in [0.717, 1.165) is 4.90 Å². The van der Waals surface area contributed by atoms with Crippen LogP contribution in [0.3, 0.4) is 0 Å². The molecule has 2 heterocycles. The van der Waals surface area contributed by atoms with Crippen molar-refractivity contribution in [3.05, 3.63) is 51.7 Å². The monoisotopic (exact) mass is 345 g/mol. The van der Waals surface area contributed by atoms with E-state index in [2.05, 4.69) is 15.5 Å². The van der Waals surface area contributed by atoms with Gasteiger partial charge in [-0.15, -0.1) is 0 Å². The number of hydrogen-bond donors (Lipinski definition) is 1. The number of nitrogens with one attached hydrogen (secondary N) is 1. The molecule has 1 N–H and O–H groups in total. The summed E-state index contributed by atoms with van der Waals surface area (Å²) in [6.07, 6.45) is 0.807. The molecule has 0 saturated carbocycles. The Morgan fingerprint density at radius 3 is 2.64 bits per heavy atom. The fraction of sp³-hybridized carbons (Fsp3) is 0.333. The van der Waals surface area contributed by atoms with E-state index in [0.29, 0.717) is 17.9 Å². The Morgan fingerprint density at radius 2 is 2.04 bits per heavy atom. The highest BCUT2D eigenvalue weighted by Gasteiger charge is 2.38. The first-order chi connectivity index (χ1) is 12.0. The number of aryl methyl sites for hydroxylation is 1. The Labute approximate surface area is 142 Å². The molecule has 3 amide bonds. The van der Waals surface area contributed by atoms with Gasteiger partial charge in [0.05, 0.1) is 11.5 Å². The van der Waals surface area contributed by atoms with Crippen LogP contribution in [0.4, 0.5) is 10.5 Å². The second-order valence-electron chi connectivity index (χ2n) is 5.51. The SMILES string of the molecule is CCc1nc(CN2C(=O)NC(Cc3ccc([N+](=O)[O-])cc3)C2=O)no1. The Morgan fingerprint density at radius 1 is 1.32 bits per heavy atom. The van der Waals surface area contributed by atoms with Crippen LogP contribution < -0.4 is 5.32 Å². The number of imide groups is 1. The highest BCUT2D eigenvalue weighted by molar-refractivity contribution is 6.04. The summed E-state index contributed by atoms with van der Waals surface area (Å²) in [7, 11) is 0. The second-order valence-corrected chi connectivity index (χ2v) is 5.51. The minimum atomic E-state index is -0.730. The van der Waals surface area contributed by atoms with E-state index in [1.165, 1.54) is 12.1 Å². The number of nitro groups is 1. The molecule has 1 unspecified atom stereocenters. The molecule has 1 atom stereocenters. The average Bonchev–Trinajstić information content (AvgIpc) is 3.16. The van der Waals surface area contributed by atoms with E-state index < -0.39 is 22.9 Å². The lowest BCUT2D eigenvalue weighted by atomic mass is 10.1. The molecule has 0 radical (unpaired) electrons. The molecule has 0 aliphatic carbocycles. The molecular formula is C15H15N5O5. The van der Waals surface area contributed by atoms with Gasteiger partial charge in [0, 0.05) is 25.0 Å². The number of amides is 3. The molecular weight excluding hydrogens is 330 g/mol. The van der Waals surface area contributed by atoms with Gasteiger partial charge in [0.1, 0.15) is 6.04 Å². The van der Waals surface area contributed by atoms with E-state index in [1.807, 2.05) is 6.92 Å². The van der Waals surface area contributed by atoms with Crippen molar-refractivity contribution in [3.63, 3.8) is 0 Å². The number of nitrogens with zero attached hydrogens (tertiary/aromatic N) is 4. The van der Waals surface area contributed by atoms with Gasteiger partial charge in [0.2, 0.25) is 5.89 Å². The summed E-state index contributed by atoms with van der Waals surface area (Å²) in [5, 5.41) is 17.0. The van der Waals surface area contributed by atoms with Gasteiger partial charge in [-0.05, 0) is 5.56 Å². The Bertz CT molecular complexity index is 816. The number of urea groups is 1. The largest absolute Gasteiger partial charge is 0.339 e. The number of hydrogen-bond acceptors (Lipinski definition) is 7. The summed E-state index contributed by atoms with van der Waals surface area (Å²) in [5.74, 6) is 0.298. The van der Waals surface area contributed by atoms with Gasteiger partial charge in [-0.1, -0.05) is 24.2 Å². The lowest BCUT2D eigenvalue weighted by Gasteiger charge is -2.10. The van der Waals surface area contributed by atoms with Gasteiger partial charge in [0.25, 0.3) is 11.6 Å². The number of rotatable bonds is 6. The number of carbonyl (C=O) groups is 2. The van der Waals surface area contributed by atoms with Crippen LogP contribution in [0.1, 0.15) is 24.2 Å². The summed E-state index contributed by atoms with van der Waals surface area (Å²) >= 11 is 0. The summed E-state index contributed by atoms with van der Waals surface area (Å²) in [5.41, 5.74) is 0.676. The zero-order valence-electron chi connectivity index (χ0n) is 13.3. The Kier molecular flexibility index (Phi) is 4.42. The van der Waals surface area contributed by atoms with Crippen LogP contribution in [0.25, 0.3) is 0 Å². The van der Waals surface area contributed by atoms with Gasteiger partial charge < -0.3 is 9.84 Å². The second kappa shape index (κ2) is 6.67. The fourth-order valence-corrected chi connectivity index (χ4v) is 2.49. The van der Waals surface area contributed by atoms with E-state index in [4.69, 9.17) is 4.52 Å². The number of benzene rings is 1. The fourth-order valence-electron chi connectivity index (χ4n) is 2.49. The zero-order valence-corrected chi connectivity index (χ0v) is 13.3. The van der Waals surface area contributed by atoms with Crippen molar-refractivity contribution in [2.45, 2.75) is 32.4 Å². The van der Waals surface area contributed by atoms with E-state index >= 15 is 0 Å². The topological polar surface area (TPSA) is 131 Å². The summed E-state index contributed by atoms with van der Waals surface area (Å²) in [6, 6.07) is 4.59. The Balaban J connectivity index is 1.67. The van der Waals surface area contributed by atoms with Crippen LogP contribution >= 0.6 is 0 Å². The quantitative estimate of drug-likeness (QED) is 0.472. The molecule has 1 saturated heterocycles. The van der Waals surface area contributed by atoms with Crippen LogP contribution in [0, 0.1) is 10.1 Å². The third-order valence-corrected chi connectivity index (χ3v) is 3.81. The molecule has 1 aliphatic rings. The molecule has 25 heavy (non-hydrogen) atoms. The molecule has 1 fully saturated rings. The number of non-ortho nitro benzene ring substituents is 1. The lowest BCUT2D eigenvalue weighted by molar-refractivity contribution is -0.384. The third kappa shape index (κ3) is 3.47.